The molecule has 1 amide bonds. The van der Waals surface area contributed by atoms with Gasteiger partial charge in [0.25, 0.3) is 0 Å². The Bertz CT molecular complexity index is 1240. The Labute approximate surface area is 197 Å². The van der Waals surface area contributed by atoms with E-state index in [0.717, 1.165) is 36.8 Å². The first-order valence-corrected chi connectivity index (χ1v) is 12.6. The van der Waals surface area contributed by atoms with Gasteiger partial charge in [0.2, 0.25) is 21.8 Å². The fourth-order valence-electron chi connectivity index (χ4n) is 3.64. The van der Waals surface area contributed by atoms with E-state index in [2.05, 4.69) is 20.7 Å². The molecule has 1 fully saturated rings. The average Bonchev–Trinajstić information content (AvgIpc) is 3.06. The van der Waals surface area contributed by atoms with E-state index in [4.69, 9.17) is 11.6 Å². The SMILES string of the molecule is Cc1ccc(-c2nnn(CC(=O)Nc3cc(S(=O)(=O)N4CCCCCC4)ccc3Cl)n2)cc1. The third-order valence-electron chi connectivity index (χ3n) is 5.46. The molecule has 1 saturated heterocycles. The minimum Gasteiger partial charge on any atom is -0.323 e. The number of anilines is 1. The van der Waals surface area contributed by atoms with Crippen molar-refractivity contribution >= 4 is 33.2 Å². The van der Waals surface area contributed by atoms with E-state index < -0.39 is 15.9 Å². The molecule has 0 bridgehead atoms. The van der Waals surface area contributed by atoms with Crippen LogP contribution in [0.2, 0.25) is 5.02 Å². The number of halogens is 1. The second kappa shape index (κ2) is 9.98. The van der Waals surface area contributed by atoms with Crippen LogP contribution in [-0.4, -0.2) is 51.9 Å². The van der Waals surface area contributed by atoms with Gasteiger partial charge in [0.05, 0.1) is 15.6 Å². The van der Waals surface area contributed by atoms with Crippen LogP contribution in [0.3, 0.4) is 0 Å². The topological polar surface area (TPSA) is 110 Å². The number of amides is 1. The molecule has 0 aliphatic carbocycles. The Hall–Kier alpha value is -2.82. The van der Waals surface area contributed by atoms with Crippen LogP contribution in [0.15, 0.2) is 47.4 Å². The van der Waals surface area contributed by atoms with Gasteiger partial charge in [-0.3, -0.25) is 4.79 Å². The van der Waals surface area contributed by atoms with E-state index >= 15 is 0 Å². The number of nitrogens with one attached hydrogen (secondary N) is 1. The number of hydrogen-bond donors (Lipinski definition) is 1. The van der Waals surface area contributed by atoms with E-state index in [1.54, 1.807) is 0 Å². The highest BCUT2D eigenvalue weighted by molar-refractivity contribution is 7.89. The number of carbonyl (C=O) groups is 1. The van der Waals surface area contributed by atoms with Gasteiger partial charge in [0.15, 0.2) is 0 Å². The summed E-state index contributed by atoms with van der Waals surface area (Å²) in [5, 5.41) is 15.1. The van der Waals surface area contributed by atoms with Gasteiger partial charge >= 0.3 is 0 Å². The number of aryl methyl sites for hydroxylation is 1. The summed E-state index contributed by atoms with van der Waals surface area (Å²) in [4.78, 5) is 13.9. The van der Waals surface area contributed by atoms with Crippen LogP contribution in [0.4, 0.5) is 5.69 Å². The molecule has 4 rings (SSSR count). The Morgan fingerprint density at radius 3 is 2.45 bits per heavy atom. The molecule has 0 unspecified atom stereocenters. The van der Waals surface area contributed by atoms with E-state index in [1.807, 2.05) is 31.2 Å². The number of carbonyl (C=O) groups excluding carboxylic acids is 1. The van der Waals surface area contributed by atoms with Crippen molar-refractivity contribution in [3.05, 3.63) is 53.1 Å². The average molecular weight is 489 g/mol. The number of hydrogen-bond acceptors (Lipinski definition) is 6. The van der Waals surface area contributed by atoms with Crippen molar-refractivity contribution in [1.29, 1.82) is 0 Å². The zero-order chi connectivity index (χ0) is 23.4. The lowest BCUT2D eigenvalue weighted by atomic mass is 10.1. The first kappa shape index (κ1) is 23.3. The number of sulfonamides is 1. The minimum absolute atomic E-state index is 0.102. The van der Waals surface area contributed by atoms with Gasteiger partial charge in [0.1, 0.15) is 6.54 Å². The first-order valence-electron chi connectivity index (χ1n) is 10.8. The maximum Gasteiger partial charge on any atom is 0.248 e. The maximum absolute atomic E-state index is 13.1. The summed E-state index contributed by atoms with van der Waals surface area (Å²) in [6, 6.07) is 12.0. The molecule has 1 aromatic heterocycles. The summed E-state index contributed by atoms with van der Waals surface area (Å²) in [7, 11) is -3.67. The van der Waals surface area contributed by atoms with Crippen LogP contribution in [0.25, 0.3) is 11.4 Å². The maximum atomic E-state index is 13.1. The molecular formula is C22H25ClN6O3S. The summed E-state index contributed by atoms with van der Waals surface area (Å²) in [6.07, 6.45) is 3.73. The van der Waals surface area contributed by atoms with E-state index in [9.17, 15) is 13.2 Å². The largest absolute Gasteiger partial charge is 0.323 e. The minimum atomic E-state index is -3.67. The zero-order valence-electron chi connectivity index (χ0n) is 18.2. The van der Waals surface area contributed by atoms with Crippen LogP contribution >= 0.6 is 11.6 Å². The van der Waals surface area contributed by atoms with Crippen molar-refractivity contribution in [2.24, 2.45) is 0 Å². The van der Waals surface area contributed by atoms with Crippen LogP contribution < -0.4 is 5.32 Å². The summed E-state index contributed by atoms with van der Waals surface area (Å²) in [5.74, 6) is -0.0413. The normalized spacial score (nSPS) is 15.2. The Morgan fingerprint density at radius 1 is 1.06 bits per heavy atom. The molecule has 33 heavy (non-hydrogen) atoms. The standard InChI is InChI=1S/C22H25ClN6O3S/c1-16-6-8-17(9-7-16)22-25-27-29(26-22)15-21(30)24-20-14-18(10-11-19(20)23)33(31,32)28-12-4-2-3-5-13-28/h6-11,14H,2-5,12-13,15H2,1H3,(H,24,30). The smallest absolute Gasteiger partial charge is 0.248 e. The molecule has 11 heteroatoms. The summed E-state index contributed by atoms with van der Waals surface area (Å²) < 4.78 is 27.7. The molecule has 0 saturated carbocycles. The van der Waals surface area contributed by atoms with Crippen molar-refractivity contribution in [2.75, 3.05) is 18.4 Å². The molecule has 2 aromatic carbocycles. The zero-order valence-corrected chi connectivity index (χ0v) is 19.8. The molecule has 1 aliphatic heterocycles. The van der Waals surface area contributed by atoms with E-state index in [0.29, 0.717) is 18.9 Å². The third kappa shape index (κ3) is 5.58. The van der Waals surface area contributed by atoms with Gasteiger partial charge < -0.3 is 5.32 Å². The van der Waals surface area contributed by atoms with Crippen LogP contribution in [-0.2, 0) is 21.4 Å². The summed E-state index contributed by atoms with van der Waals surface area (Å²) in [5.41, 5.74) is 2.13. The van der Waals surface area contributed by atoms with Crippen LogP contribution in [0.5, 0.6) is 0 Å². The van der Waals surface area contributed by atoms with Gasteiger partial charge in [-0.2, -0.15) is 9.10 Å². The fraction of sp³-hybridized carbons (Fsp3) is 0.364. The second-order valence-corrected chi connectivity index (χ2v) is 10.4. The highest BCUT2D eigenvalue weighted by Crippen LogP contribution is 2.28. The van der Waals surface area contributed by atoms with Gasteiger partial charge in [-0.1, -0.05) is 54.3 Å². The Morgan fingerprint density at radius 2 is 1.76 bits per heavy atom. The number of rotatable bonds is 6. The van der Waals surface area contributed by atoms with Crippen molar-refractivity contribution in [3.8, 4) is 11.4 Å². The van der Waals surface area contributed by atoms with Gasteiger partial charge in [-0.05, 0) is 43.2 Å². The molecule has 174 valence electrons. The molecule has 3 aromatic rings. The van der Waals surface area contributed by atoms with Crippen molar-refractivity contribution in [1.82, 2.24) is 24.5 Å². The van der Waals surface area contributed by atoms with Gasteiger partial charge in [0, 0.05) is 18.7 Å². The van der Waals surface area contributed by atoms with Gasteiger partial charge in [-0.15, -0.1) is 10.2 Å². The molecular weight excluding hydrogens is 464 g/mol. The lowest BCUT2D eigenvalue weighted by Crippen LogP contribution is -2.32. The highest BCUT2D eigenvalue weighted by atomic mass is 35.5. The van der Waals surface area contributed by atoms with E-state index in [-0.39, 0.29) is 22.2 Å². The van der Waals surface area contributed by atoms with Crippen LogP contribution in [0, 0.1) is 6.92 Å². The van der Waals surface area contributed by atoms with E-state index in [1.165, 1.54) is 27.3 Å². The Balaban J connectivity index is 1.46. The molecule has 0 radical (unpaired) electrons. The quantitative estimate of drug-likeness (QED) is 0.568. The third-order valence-corrected chi connectivity index (χ3v) is 7.69. The summed E-state index contributed by atoms with van der Waals surface area (Å²) in [6.45, 7) is 2.78. The Kier molecular flexibility index (Phi) is 7.06. The van der Waals surface area contributed by atoms with Crippen molar-refractivity contribution in [3.63, 3.8) is 0 Å². The molecule has 0 spiro atoms. The molecule has 2 heterocycles. The molecule has 1 N–H and O–H groups in total. The molecule has 1 aliphatic rings. The van der Waals surface area contributed by atoms with Gasteiger partial charge in [-0.25, -0.2) is 8.42 Å². The number of aromatic nitrogens is 4. The lowest BCUT2D eigenvalue weighted by Gasteiger charge is -2.20. The monoisotopic (exact) mass is 488 g/mol. The number of nitrogens with zero attached hydrogens (tertiary/aromatic N) is 5. The predicted molar refractivity (Wildman–Crippen MR) is 125 cm³/mol. The fourth-order valence-corrected chi connectivity index (χ4v) is 5.35. The summed E-state index contributed by atoms with van der Waals surface area (Å²) >= 11 is 6.23. The second-order valence-electron chi connectivity index (χ2n) is 8.02. The lowest BCUT2D eigenvalue weighted by molar-refractivity contribution is -0.117. The number of benzene rings is 2. The van der Waals surface area contributed by atoms with Crippen molar-refractivity contribution < 1.29 is 13.2 Å². The molecule has 0 atom stereocenters. The first-order chi connectivity index (χ1) is 15.8. The van der Waals surface area contributed by atoms with Crippen molar-refractivity contribution in [2.45, 2.75) is 44.0 Å². The molecule has 9 nitrogen and oxygen atoms in total. The predicted octanol–water partition coefficient (Wildman–Crippen LogP) is 3.51. The van der Waals surface area contributed by atoms with Crippen LogP contribution in [0.1, 0.15) is 31.2 Å². The highest BCUT2D eigenvalue weighted by Gasteiger charge is 2.26. The number of tetrazole rings is 1.